The summed E-state index contributed by atoms with van der Waals surface area (Å²) in [6, 6.07) is 6.65. The van der Waals surface area contributed by atoms with Crippen molar-refractivity contribution in [3.63, 3.8) is 0 Å². The lowest BCUT2D eigenvalue weighted by Gasteiger charge is -2.23. The third-order valence-corrected chi connectivity index (χ3v) is 3.83. The second kappa shape index (κ2) is 5.03. The largest absolute Gasteiger partial charge is 0.367 e. The van der Waals surface area contributed by atoms with E-state index in [9.17, 15) is 9.18 Å². The van der Waals surface area contributed by atoms with Gasteiger partial charge < -0.3 is 10.6 Å². The van der Waals surface area contributed by atoms with Gasteiger partial charge in [-0.05, 0) is 25.0 Å². The average Bonchev–Trinajstić information content (AvgIpc) is 2.80. The van der Waals surface area contributed by atoms with E-state index >= 15 is 0 Å². The van der Waals surface area contributed by atoms with Crippen LogP contribution in [0.1, 0.15) is 36.0 Å². The summed E-state index contributed by atoms with van der Waals surface area (Å²) in [5.41, 5.74) is 0.381. The molecular formula is C15H17FN2O. The summed E-state index contributed by atoms with van der Waals surface area (Å²) >= 11 is 0. The highest BCUT2D eigenvalue weighted by molar-refractivity contribution is 6.04. The van der Waals surface area contributed by atoms with Crippen molar-refractivity contribution in [1.82, 2.24) is 10.6 Å². The van der Waals surface area contributed by atoms with E-state index in [1.54, 1.807) is 12.1 Å². The minimum atomic E-state index is -0.384. The number of benzene rings is 1. The van der Waals surface area contributed by atoms with Gasteiger partial charge in [0.2, 0.25) is 0 Å². The number of hydrogen-bond donors (Lipinski definition) is 2. The van der Waals surface area contributed by atoms with Crippen LogP contribution in [-0.4, -0.2) is 17.9 Å². The summed E-state index contributed by atoms with van der Waals surface area (Å²) < 4.78 is 13.1. The molecule has 1 saturated heterocycles. The van der Waals surface area contributed by atoms with Crippen molar-refractivity contribution < 1.29 is 9.18 Å². The molecule has 2 N–H and O–H groups in total. The molecule has 0 amide bonds. The van der Waals surface area contributed by atoms with Crippen molar-refractivity contribution in [2.75, 3.05) is 0 Å². The van der Waals surface area contributed by atoms with Crippen LogP contribution in [0.4, 0.5) is 4.39 Å². The summed E-state index contributed by atoms with van der Waals surface area (Å²) in [6.07, 6.45) is 6.29. The quantitative estimate of drug-likeness (QED) is 0.633. The molecule has 2 fully saturated rings. The maximum atomic E-state index is 13.1. The Balaban J connectivity index is 1.74. The minimum absolute atomic E-state index is 0.173. The number of rotatable bonds is 2. The van der Waals surface area contributed by atoms with Gasteiger partial charge in [0.1, 0.15) is 11.6 Å². The number of nitrogens with one attached hydrogen (secondary N) is 2. The first-order chi connectivity index (χ1) is 9.22. The smallest absolute Gasteiger partial charge is 0.189 e. The molecule has 100 valence electrons. The molecule has 0 aromatic heterocycles. The van der Waals surface area contributed by atoms with Gasteiger partial charge >= 0.3 is 0 Å². The predicted octanol–water partition coefficient (Wildman–Crippen LogP) is 2.35. The second-order valence-electron chi connectivity index (χ2n) is 5.22. The summed E-state index contributed by atoms with van der Waals surface area (Å²) in [7, 11) is 0. The highest BCUT2D eigenvalue weighted by Crippen LogP contribution is 2.23. The van der Waals surface area contributed by atoms with Gasteiger partial charge in [0.05, 0.1) is 0 Å². The van der Waals surface area contributed by atoms with E-state index in [0.717, 1.165) is 18.7 Å². The van der Waals surface area contributed by atoms with E-state index in [0.29, 0.717) is 17.6 Å². The number of carbonyl (C=O) groups is 1. The molecule has 0 bridgehead atoms. The molecule has 4 heteroatoms. The molecule has 1 aliphatic heterocycles. The third-order valence-electron chi connectivity index (χ3n) is 3.83. The fraction of sp³-hybridized carbons (Fsp3) is 0.400. The van der Waals surface area contributed by atoms with Crippen molar-refractivity contribution in [3.8, 4) is 0 Å². The van der Waals surface area contributed by atoms with E-state index in [1.807, 2.05) is 0 Å². The Hall–Kier alpha value is -1.84. The number of ketones is 1. The number of carbonyl (C=O) groups excluding carboxylic acids is 1. The number of hydrogen-bond acceptors (Lipinski definition) is 3. The predicted molar refractivity (Wildman–Crippen MR) is 71.1 cm³/mol. The Morgan fingerprint density at radius 1 is 1.21 bits per heavy atom. The molecule has 1 unspecified atom stereocenters. The van der Waals surface area contributed by atoms with Crippen molar-refractivity contribution in [1.29, 1.82) is 0 Å². The SMILES string of the molecule is O=C(C=C1NC2CCCC[C@@H]2N1)c1cccc(F)c1. The van der Waals surface area contributed by atoms with Crippen LogP contribution < -0.4 is 10.6 Å². The Kier molecular flexibility index (Phi) is 3.23. The van der Waals surface area contributed by atoms with E-state index in [4.69, 9.17) is 0 Å². The monoisotopic (exact) mass is 260 g/mol. The summed E-state index contributed by atoms with van der Waals surface area (Å²) in [6.45, 7) is 0. The summed E-state index contributed by atoms with van der Waals surface area (Å²) in [5.74, 6) is 0.213. The summed E-state index contributed by atoms with van der Waals surface area (Å²) in [5, 5.41) is 6.69. The van der Waals surface area contributed by atoms with E-state index in [2.05, 4.69) is 10.6 Å². The average molecular weight is 260 g/mol. The molecule has 1 aliphatic carbocycles. The molecule has 3 nitrogen and oxygen atoms in total. The van der Waals surface area contributed by atoms with Gasteiger partial charge in [0, 0.05) is 23.7 Å². The highest BCUT2D eigenvalue weighted by atomic mass is 19.1. The maximum Gasteiger partial charge on any atom is 0.189 e. The normalized spacial score (nSPS) is 27.5. The molecule has 2 atom stereocenters. The van der Waals surface area contributed by atoms with Gasteiger partial charge in [0.15, 0.2) is 5.78 Å². The lowest BCUT2D eigenvalue weighted by molar-refractivity contribution is 0.104. The molecule has 1 aromatic carbocycles. The zero-order valence-corrected chi connectivity index (χ0v) is 10.7. The standard InChI is InChI=1S/C15H17FN2O/c16-11-5-3-4-10(8-11)14(19)9-15-17-12-6-1-2-7-13(12)18-15/h3-5,8-9,12-13,17-18H,1-2,6-7H2/t12-,13?/m0/s1. The molecule has 19 heavy (non-hydrogen) atoms. The molecule has 1 heterocycles. The van der Waals surface area contributed by atoms with E-state index in [-0.39, 0.29) is 11.6 Å². The first-order valence-electron chi connectivity index (χ1n) is 6.77. The summed E-state index contributed by atoms with van der Waals surface area (Å²) in [4.78, 5) is 12.0. The van der Waals surface area contributed by atoms with Gasteiger partial charge in [-0.25, -0.2) is 4.39 Å². The van der Waals surface area contributed by atoms with Crippen molar-refractivity contribution in [3.05, 3.63) is 47.5 Å². The molecule has 3 rings (SSSR count). The van der Waals surface area contributed by atoms with Gasteiger partial charge in [0.25, 0.3) is 0 Å². The zero-order chi connectivity index (χ0) is 13.2. The lowest BCUT2D eigenvalue weighted by atomic mass is 9.92. The van der Waals surface area contributed by atoms with E-state index < -0.39 is 0 Å². The van der Waals surface area contributed by atoms with Crippen LogP contribution in [0.3, 0.4) is 0 Å². The van der Waals surface area contributed by atoms with Gasteiger partial charge in [-0.15, -0.1) is 0 Å². The molecule has 1 saturated carbocycles. The maximum absolute atomic E-state index is 13.1. The first kappa shape index (κ1) is 12.2. The lowest BCUT2D eigenvalue weighted by Crippen LogP contribution is -2.36. The Bertz CT molecular complexity index is 511. The first-order valence-corrected chi connectivity index (χ1v) is 6.77. The fourth-order valence-electron chi connectivity index (χ4n) is 2.86. The Morgan fingerprint density at radius 2 is 1.89 bits per heavy atom. The number of halogens is 1. The molecule has 0 spiro atoms. The van der Waals surface area contributed by atoms with Crippen LogP contribution in [0.2, 0.25) is 0 Å². The van der Waals surface area contributed by atoms with Crippen molar-refractivity contribution >= 4 is 5.78 Å². The van der Waals surface area contributed by atoms with Crippen LogP contribution in [0.25, 0.3) is 0 Å². The molecule has 1 aromatic rings. The molecule has 0 radical (unpaired) electrons. The van der Waals surface area contributed by atoms with E-state index in [1.165, 1.54) is 31.1 Å². The Labute approximate surface area is 111 Å². The molecular weight excluding hydrogens is 243 g/mol. The Morgan fingerprint density at radius 3 is 2.53 bits per heavy atom. The van der Waals surface area contributed by atoms with Crippen molar-refractivity contribution in [2.24, 2.45) is 0 Å². The second-order valence-corrected chi connectivity index (χ2v) is 5.22. The van der Waals surface area contributed by atoms with Gasteiger partial charge in [-0.3, -0.25) is 4.79 Å². The van der Waals surface area contributed by atoms with Crippen LogP contribution in [0.5, 0.6) is 0 Å². The fourth-order valence-corrected chi connectivity index (χ4v) is 2.86. The number of allylic oxidation sites excluding steroid dienone is 1. The van der Waals surface area contributed by atoms with Crippen molar-refractivity contribution in [2.45, 2.75) is 37.8 Å². The third kappa shape index (κ3) is 2.62. The zero-order valence-electron chi connectivity index (χ0n) is 10.7. The topological polar surface area (TPSA) is 41.1 Å². The van der Waals surface area contributed by atoms with Crippen LogP contribution in [0.15, 0.2) is 36.2 Å². The number of fused-ring (bicyclic) bond motifs is 1. The van der Waals surface area contributed by atoms with Crippen LogP contribution >= 0.6 is 0 Å². The highest BCUT2D eigenvalue weighted by Gasteiger charge is 2.31. The molecule has 2 aliphatic rings. The van der Waals surface area contributed by atoms with Gasteiger partial charge in [-0.2, -0.15) is 0 Å². The van der Waals surface area contributed by atoms with Crippen LogP contribution in [-0.2, 0) is 0 Å². The minimum Gasteiger partial charge on any atom is -0.367 e. The van der Waals surface area contributed by atoms with Crippen LogP contribution in [0, 0.1) is 5.82 Å². The van der Waals surface area contributed by atoms with Gasteiger partial charge in [-0.1, -0.05) is 25.0 Å².